The van der Waals surface area contributed by atoms with Gasteiger partial charge in [-0.25, -0.2) is 4.79 Å². The van der Waals surface area contributed by atoms with Gasteiger partial charge in [-0.2, -0.15) is 12.6 Å². The Morgan fingerprint density at radius 2 is 1.47 bits per heavy atom. The van der Waals surface area contributed by atoms with Crippen LogP contribution in [0.15, 0.2) is 0 Å². The minimum atomic E-state index is -1.47. The quantitative estimate of drug-likeness (QED) is 0.0951. The van der Waals surface area contributed by atoms with Crippen molar-refractivity contribution in [1.82, 2.24) is 16.0 Å². The first kappa shape index (κ1) is 28.1. The topological polar surface area (TPSA) is 217 Å². The van der Waals surface area contributed by atoms with Crippen LogP contribution in [0.4, 0.5) is 0 Å². The molecule has 0 saturated heterocycles. The lowest BCUT2D eigenvalue weighted by Gasteiger charge is -2.26. The standard InChI is InChI=1S/C17H33N5O7S/c1-8(23)12(19)15(26)20-10(5-3-4-6-18)14(25)22-13(9(2)24)16(27)21-11(7-30)17(28)29/h8-13,23-24,30H,3-7,18-19H2,1-2H3,(H,20,26)(H,21,27)(H,22,25)(H,28,29). The third-order valence-electron chi connectivity index (χ3n) is 4.26. The average molecular weight is 452 g/mol. The molecule has 0 aromatic carbocycles. The van der Waals surface area contributed by atoms with Crippen LogP contribution >= 0.6 is 12.6 Å². The normalized spacial score (nSPS) is 17.0. The van der Waals surface area contributed by atoms with Crippen molar-refractivity contribution in [3.05, 3.63) is 0 Å². The number of nitrogens with one attached hydrogen (secondary N) is 3. The monoisotopic (exact) mass is 451 g/mol. The Hall–Kier alpha value is -1.93. The fraction of sp³-hybridized carbons (Fsp3) is 0.765. The summed E-state index contributed by atoms with van der Waals surface area (Å²) in [7, 11) is 0. The molecule has 0 radical (unpaired) electrons. The maximum atomic E-state index is 12.7. The van der Waals surface area contributed by atoms with Crippen molar-refractivity contribution in [3.63, 3.8) is 0 Å². The number of carbonyl (C=O) groups is 4. The van der Waals surface area contributed by atoms with Gasteiger partial charge in [0.1, 0.15) is 24.2 Å². The number of carboxylic acids is 1. The third-order valence-corrected chi connectivity index (χ3v) is 4.63. The second kappa shape index (κ2) is 14.1. The van der Waals surface area contributed by atoms with Crippen molar-refractivity contribution in [2.45, 2.75) is 69.5 Å². The molecule has 0 aliphatic rings. The highest BCUT2D eigenvalue weighted by Crippen LogP contribution is 2.05. The maximum absolute atomic E-state index is 12.7. The summed E-state index contributed by atoms with van der Waals surface area (Å²) in [5.41, 5.74) is 11.0. The van der Waals surface area contributed by atoms with E-state index >= 15 is 0 Å². The fourth-order valence-electron chi connectivity index (χ4n) is 2.35. The van der Waals surface area contributed by atoms with Gasteiger partial charge in [-0.05, 0) is 39.7 Å². The predicted octanol–water partition coefficient (Wildman–Crippen LogP) is -3.33. The van der Waals surface area contributed by atoms with Gasteiger partial charge in [0.05, 0.1) is 12.2 Å². The van der Waals surface area contributed by atoms with Gasteiger partial charge >= 0.3 is 5.97 Å². The lowest BCUT2D eigenvalue weighted by Crippen LogP contribution is -2.60. The molecule has 0 heterocycles. The molecule has 12 nitrogen and oxygen atoms in total. The highest BCUT2D eigenvalue weighted by molar-refractivity contribution is 7.80. The average Bonchev–Trinajstić information content (AvgIpc) is 2.67. The molecule has 0 fully saturated rings. The summed E-state index contributed by atoms with van der Waals surface area (Å²) in [5, 5.41) is 35.3. The van der Waals surface area contributed by atoms with Gasteiger partial charge in [0, 0.05) is 5.75 Å². The molecular formula is C17H33N5O7S. The number of aliphatic hydroxyl groups excluding tert-OH is 2. The van der Waals surface area contributed by atoms with Crippen molar-refractivity contribution in [2.75, 3.05) is 12.3 Å². The Morgan fingerprint density at radius 1 is 0.900 bits per heavy atom. The van der Waals surface area contributed by atoms with Gasteiger partial charge in [0.2, 0.25) is 17.7 Å². The van der Waals surface area contributed by atoms with E-state index in [1.165, 1.54) is 13.8 Å². The van der Waals surface area contributed by atoms with E-state index in [2.05, 4.69) is 28.6 Å². The number of nitrogens with two attached hydrogens (primary N) is 2. The van der Waals surface area contributed by atoms with Gasteiger partial charge in [-0.15, -0.1) is 0 Å². The molecule has 0 aliphatic carbocycles. The Balaban J connectivity index is 5.34. The minimum absolute atomic E-state index is 0.170. The summed E-state index contributed by atoms with van der Waals surface area (Å²) in [6.45, 7) is 2.93. The van der Waals surface area contributed by atoms with E-state index in [1.54, 1.807) is 0 Å². The maximum Gasteiger partial charge on any atom is 0.327 e. The first-order chi connectivity index (χ1) is 14.0. The zero-order valence-electron chi connectivity index (χ0n) is 17.1. The summed E-state index contributed by atoms with van der Waals surface area (Å²) in [6, 6.07) is -5.16. The van der Waals surface area contributed by atoms with Gasteiger partial charge in [0.25, 0.3) is 0 Å². The summed E-state index contributed by atoms with van der Waals surface area (Å²) < 4.78 is 0. The van der Waals surface area contributed by atoms with Crippen molar-refractivity contribution >= 4 is 36.3 Å². The van der Waals surface area contributed by atoms with E-state index in [1.807, 2.05) is 0 Å². The molecule has 0 aliphatic heterocycles. The molecule has 6 unspecified atom stereocenters. The number of aliphatic hydroxyl groups is 2. The molecule has 13 heteroatoms. The molecular weight excluding hydrogens is 418 g/mol. The van der Waals surface area contributed by atoms with Gasteiger partial charge in [-0.1, -0.05) is 0 Å². The van der Waals surface area contributed by atoms with Gasteiger partial charge in [0.15, 0.2) is 0 Å². The fourth-order valence-corrected chi connectivity index (χ4v) is 2.60. The van der Waals surface area contributed by atoms with Gasteiger partial charge in [-0.3, -0.25) is 14.4 Å². The lowest BCUT2D eigenvalue weighted by molar-refractivity contribution is -0.142. The number of hydrogen-bond acceptors (Lipinski definition) is 9. The number of carboxylic acid groups (broad SMARTS) is 1. The first-order valence-electron chi connectivity index (χ1n) is 9.52. The summed E-state index contributed by atoms with van der Waals surface area (Å²) in [4.78, 5) is 48.3. The number of thiol groups is 1. The number of unbranched alkanes of at least 4 members (excludes halogenated alkanes) is 1. The molecule has 0 bridgehead atoms. The van der Waals surface area contributed by atoms with E-state index in [-0.39, 0.29) is 12.2 Å². The van der Waals surface area contributed by atoms with Crippen molar-refractivity contribution in [3.8, 4) is 0 Å². The molecule has 30 heavy (non-hydrogen) atoms. The second-order valence-electron chi connectivity index (χ2n) is 6.92. The van der Waals surface area contributed by atoms with E-state index in [0.717, 1.165) is 0 Å². The molecule has 0 aromatic heterocycles. The summed E-state index contributed by atoms with van der Waals surface area (Å²) in [5.74, 6) is -3.99. The summed E-state index contributed by atoms with van der Waals surface area (Å²) >= 11 is 3.84. The minimum Gasteiger partial charge on any atom is -0.480 e. The van der Waals surface area contributed by atoms with Crippen LogP contribution in [0.25, 0.3) is 0 Å². The van der Waals surface area contributed by atoms with Crippen LogP contribution < -0.4 is 27.4 Å². The summed E-state index contributed by atoms with van der Waals surface area (Å²) in [6.07, 6.45) is -1.29. The van der Waals surface area contributed by atoms with E-state index < -0.39 is 60.1 Å². The molecule has 0 aromatic rings. The van der Waals surface area contributed by atoms with E-state index in [0.29, 0.717) is 19.4 Å². The highest BCUT2D eigenvalue weighted by Gasteiger charge is 2.32. The SMILES string of the molecule is CC(O)C(N)C(=O)NC(CCCCN)C(=O)NC(C(=O)NC(CS)C(=O)O)C(C)O. The predicted molar refractivity (Wildman–Crippen MR) is 112 cm³/mol. The van der Waals surface area contributed by atoms with Crippen LogP contribution in [0.1, 0.15) is 33.1 Å². The Labute approximate surface area is 180 Å². The Morgan fingerprint density at radius 3 is 1.90 bits per heavy atom. The Bertz CT molecular complexity index is 591. The van der Waals surface area contributed by atoms with Crippen LogP contribution in [-0.4, -0.2) is 87.7 Å². The zero-order valence-corrected chi connectivity index (χ0v) is 18.0. The molecule has 0 saturated carbocycles. The zero-order chi connectivity index (χ0) is 23.4. The van der Waals surface area contributed by atoms with E-state index in [4.69, 9.17) is 16.6 Å². The van der Waals surface area contributed by atoms with E-state index in [9.17, 15) is 29.4 Å². The highest BCUT2D eigenvalue weighted by atomic mass is 32.1. The smallest absolute Gasteiger partial charge is 0.327 e. The van der Waals surface area contributed by atoms with Gasteiger partial charge < -0.3 is 42.7 Å². The van der Waals surface area contributed by atoms with Crippen LogP contribution in [0.2, 0.25) is 0 Å². The number of hydrogen-bond donors (Lipinski definition) is 9. The van der Waals surface area contributed by atoms with Crippen molar-refractivity contribution < 1.29 is 34.5 Å². The van der Waals surface area contributed by atoms with Crippen LogP contribution in [-0.2, 0) is 19.2 Å². The lowest BCUT2D eigenvalue weighted by atomic mass is 10.1. The Kier molecular flexibility index (Phi) is 13.2. The third kappa shape index (κ3) is 9.71. The molecule has 3 amide bonds. The number of rotatable bonds is 14. The molecule has 6 atom stereocenters. The van der Waals surface area contributed by atoms with Crippen LogP contribution in [0, 0.1) is 0 Å². The molecule has 0 spiro atoms. The largest absolute Gasteiger partial charge is 0.480 e. The first-order valence-corrected chi connectivity index (χ1v) is 10.2. The molecule has 0 rings (SSSR count). The molecule has 10 N–H and O–H groups in total. The van der Waals surface area contributed by atoms with Crippen molar-refractivity contribution in [2.24, 2.45) is 11.5 Å². The van der Waals surface area contributed by atoms with Crippen LogP contribution in [0.3, 0.4) is 0 Å². The van der Waals surface area contributed by atoms with Crippen LogP contribution in [0.5, 0.6) is 0 Å². The number of aliphatic carboxylic acids is 1. The second-order valence-corrected chi connectivity index (χ2v) is 7.29. The molecule has 174 valence electrons. The number of amides is 3. The van der Waals surface area contributed by atoms with Crippen molar-refractivity contribution in [1.29, 1.82) is 0 Å². The number of carbonyl (C=O) groups excluding carboxylic acids is 3.